The minimum Gasteiger partial charge on any atom is -0.511 e. The van der Waals surface area contributed by atoms with Crippen molar-refractivity contribution >= 4 is 23.3 Å². The summed E-state index contributed by atoms with van der Waals surface area (Å²) in [5.41, 5.74) is 1.70. The van der Waals surface area contributed by atoms with E-state index in [1.807, 2.05) is 0 Å². The molecule has 6 N–H and O–H groups in total. The van der Waals surface area contributed by atoms with Gasteiger partial charge in [0.15, 0.2) is 17.2 Å². The number of ketones is 3. The van der Waals surface area contributed by atoms with E-state index in [9.17, 15) is 39.6 Å². The lowest BCUT2D eigenvalue weighted by atomic mass is 9.60. The Balaban J connectivity index is 1.89. The third-order valence-electron chi connectivity index (χ3n) is 6.52. The van der Waals surface area contributed by atoms with Crippen LogP contribution < -0.4 is 5.73 Å². The number of allylic oxidation sites excluding steroid dienone is 2. The van der Waals surface area contributed by atoms with Crippen LogP contribution >= 0.6 is 0 Å². The second-order valence-corrected chi connectivity index (χ2v) is 8.25. The Hall–Kier alpha value is -3.50. The summed E-state index contributed by atoms with van der Waals surface area (Å²) in [4.78, 5) is 50.3. The number of ether oxygens (including phenoxy) is 1. The number of carbonyl (C=O) groups excluding carboxylic acids is 4. The number of aliphatic hydroxyl groups excluding tert-OH is 2. The Morgan fingerprint density at radius 1 is 1.19 bits per heavy atom. The predicted molar refractivity (Wildman–Crippen MR) is 107 cm³/mol. The van der Waals surface area contributed by atoms with E-state index in [-0.39, 0.29) is 48.1 Å². The first-order valence-electron chi connectivity index (χ1n) is 9.88. The lowest BCUT2D eigenvalue weighted by molar-refractivity contribution is -0.144. The van der Waals surface area contributed by atoms with Gasteiger partial charge >= 0.3 is 0 Å². The molecule has 0 fully saturated rings. The van der Waals surface area contributed by atoms with Gasteiger partial charge in [-0.2, -0.15) is 0 Å². The molecule has 0 spiro atoms. The van der Waals surface area contributed by atoms with Crippen LogP contribution in [0.2, 0.25) is 0 Å². The number of methoxy groups -OCH3 is 1. The molecule has 3 aliphatic rings. The number of hydrogen-bond donors (Lipinski definition) is 5. The fourth-order valence-corrected chi connectivity index (χ4v) is 5.09. The average Bonchev–Trinajstić information content (AvgIpc) is 2.70. The van der Waals surface area contributed by atoms with Crippen LogP contribution in [0.4, 0.5) is 0 Å². The SMILES string of the molecule is COCC(=O)c1ccc(O)c2c1CC1CC3CC(O)=C(C(N)=O)C(=O)[C@@]3(O)C(O)=C1C2=O. The summed E-state index contributed by atoms with van der Waals surface area (Å²) in [5, 5.41) is 42.6. The van der Waals surface area contributed by atoms with Crippen molar-refractivity contribution in [1.29, 1.82) is 0 Å². The minimum atomic E-state index is -2.62. The number of rotatable bonds is 4. The summed E-state index contributed by atoms with van der Waals surface area (Å²) >= 11 is 0. The molecule has 0 heterocycles. The first-order valence-corrected chi connectivity index (χ1v) is 9.88. The van der Waals surface area contributed by atoms with E-state index in [1.54, 1.807) is 0 Å². The Labute approximate surface area is 181 Å². The van der Waals surface area contributed by atoms with Crippen LogP contribution in [0.15, 0.2) is 34.8 Å². The molecule has 0 aromatic heterocycles. The highest BCUT2D eigenvalue weighted by Crippen LogP contribution is 2.51. The monoisotopic (exact) mass is 443 g/mol. The molecule has 0 radical (unpaired) electrons. The quantitative estimate of drug-likeness (QED) is 0.325. The van der Waals surface area contributed by atoms with Crippen molar-refractivity contribution in [3.8, 4) is 5.75 Å². The fourth-order valence-electron chi connectivity index (χ4n) is 5.09. The molecule has 2 unspecified atom stereocenters. The maximum absolute atomic E-state index is 13.3. The van der Waals surface area contributed by atoms with E-state index in [0.29, 0.717) is 0 Å². The van der Waals surface area contributed by atoms with Crippen molar-refractivity contribution in [3.05, 3.63) is 51.5 Å². The Morgan fingerprint density at radius 2 is 1.88 bits per heavy atom. The molecule has 3 aliphatic carbocycles. The summed E-state index contributed by atoms with van der Waals surface area (Å²) in [6.07, 6.45) is -0.255. The number of hydrogen-bond acceptors (Lipinski definition) is 9. The van der Waals surface area contributed by atoms with Crippen molar-refractivity contribution < 1.29 is 44.3 Å². The molecule has 1 aromatic carbocycles. The zero-order chi connectivity index (χ0) is 23.5. The van der Waals surface area contributed by atoms with E-state index in [4.69, 9.17) is 10.5 Å². The van der Waals surface area contributed by atoms with Gasteiger partial charge in [0.25, 0.3) is 5.91 Å². The Kier molecular flexibility index (Phi) is 4.94. The number of aromatic hydroxyl groups is 1. The van der Waals surface area contributed by atoms with E-state index in [1.165, 1.54) is 19.2 Å². The topological polar surface area (TPSA) is 184 Å². The summed E-state index contributed by atoms with van der Waals surface area (Å²) in [5.74, 6) is -7.46. The second-order valence-electron chi connectivity index (χ2n) is 8.25. The first kappa shape index (κ1) is 21.7. The van der Waals surface area contributed by atoms with Crippen molar-refractivity contribution in [2.24, 2.45) is 17.6 Å². The number of benzene rings is 1. The van der Waals surface area contributed by atoms with Gasteiger partial charge in [-0.15, -0.1) is 0 Å². The number of aliphatic hydroxyl groups is 3. The summed E-state index contributed by atoms with van der Waals surface area (Å²) < 4.78 is 4.88. The normalized spacial score (nSPS) is 27.1. The second kappa shape index (κ2) is 7.28. The number of carbonyl (C=O) groups is 4. The number of primary amides is 1. The molecular formula is C22H21NO9. The molecule has 0 saturated carbocycles. The lowest BCUT2D eigenvalue weighted by Gasteiger charge is -2.45. The van der Waals surface area contributed by atoms with Gasteiger partial charge < -0.3 is 30.9 Å². The van der Waals surface area contributed by atoms with Crippen LogP contribution in [0.25, 0.3) is 0 Å². The molecule has 3 atom stereocenters. The van der Waals surface area contributed by atoms with Crippen LogP contribution in [0.1, 0.15) is 39.1 Å². The van der Waals surface area contributed by atoms with Gasteiger partial charge in [0, 0.05) is 30.6 Å². The molecule has 1 aromatic rings. The van der Waals surface area contributed by atoms with Gasteiger partial charge in [0.2, 0.25) is 5.78 Å². The average molecular weight is 443 g/mol. The van der Waals surface area contributed by atoms with Crippen LogP contribution in [0, 0.1) is 11.8 Å². The van der Waals surface area contributed by atoms with Gasteiger partial charge in [-0.1, -0.05) is 0 Å². The third kappa shape index (κ3) is 2.80. The van der Waals surface area contributed by atoms with Crippen LogP contribution in [0.3, 0.4) is 0 Å². The highest BCUT2D eigenvalue weighted by atomic mass is 16.5. The summed E-state index contributed by atoms with van der Waals surface area (Å²) in [6.45, 7) is -0.241. The van der Waals surface area contributed by atoms with Gasteiger partial charge in [0.1, 0.15) is 29.4 Å². The number of Topliss-reactive ketones (excluding diaryl/α,β-unsaturated/α-hetero) is 3. The maximum atomic E-state index is 13.3. The molecule has 0 aliphatic heterocycles. The van der Waals surface area contributed by atoms with E-state index >= 15 is 0 Å². The standard InChI is InChI=1S/C22H21NO9/c1-32-7-14(26)10-2-3-12(24)16-11(10)5-8-4-9-6-13(25)17(21(23)30)20(29)22(9,31)19(28)15(8)18(16)27/h2-3,8-9,24-25,28,31H,4-7H2,1H3,(H2,23,30)/t8?,9?,22-/m0/s1. The van der Waals surface area contributed by atoms with Gasteiger partial charge in [-0.25, -0.2) is 0 Å². The molecule has 10 nitrogen and oxygen atoms in total. The largest absolute Gasteiger partial charge is 0.511 e. The number of phenolic OH excluding ortho intramolecular Hbond substituents is 1. The van der Waals surface area contributed by atoms with E-state index < -0.39 is 63.5 Å². The van der Waals surface area contributed by atoms with Gasteiger partial charge in [-0.3, -0.25) is 19.2 Å². The zero-order valence-corrected chi connectivity index (χ0v) is 17.0. The van der Waals surface area contributed by atoms with Gasteiger partial charge in [0.05, 0.1) is 5.56 Å². The third-order valence-corrected chi connectivity index (χ3v) is 6.52. The van der Waals surface area contributed by atoms with Crippen molar-refractivity contribution in [2.75, 3.05) is 13.7 Å². The van der Waals surface area contributed by atoms with E-state index in [2.05, 4.69) is 0 Å². The highest BCUT2D eigenvalue weighted by Gasteiger charge is 2.59. The Morgan fingerprint density at radius 3 is 2.50 bits per heavy atom. The van der Waals surface area contributed by atoms with Crippen molar-refractivity contribution in [1.82, 2.24) is 0 Å². The maximum Gasteiger partial charge on any atom is 0.255 e. The fraction of sp³-hybridized carbons (Fsp3) is 0.364. The minimum absolute atomic E-state index is 0.00349. The van der Waals surface area contributed by atoms with Crippen molar-refractivity contribution in [2.45, 2.75) is 24.9 Å². The Bertz CT molecular complexity index is 1160. The van der Waals surface area contributed by atoms with Gasteiger partial charge in [-0.05, 0) is 36.5 Å². The van der Waals surface area contributed by atoms with E-state index in [0.717, 1.165) is 0 Å². The molecule has 0 bridgehead atoms. The first-order chi connectivity index (χ1) is 15.0. The van der Waals surface area contributed by atoms with Crippen molar-refractivity contribution in [3.63, 3.8) is 0 Å². The molecule has 4 rings (SSSR count). The number of phenols is 1. The lowest BCUT2D eigenvalue weighted by Crippen LogP contribution is -2.57. The smallest absolute Gasteiger partial charge is 0.255 e. The molecule has 0 saturated heterocycles. The number of fused-ring (bicyclic) bond motifs is 3. The molecule has 168 valence electrons. The molecular weight excluding hydrogens is 422 g/mol. The summed E-state index contributed by atoms with van der Waals surface area (Å²) in [6, 6.07) is 2.56. The summed E-state index contributed by atoms with van der Waals surface area (Å²) in [7, 11) is 1.34. The predicted octanol–water partition coefficient (Wildman–Crippen LogP) is 0.410. The zero-order valence-electron chi connectivity index (χ0n) is 17.0. The molecule has 1 amide bonds. The highest BCUT2D eigenvalue weighted by molar-refractivity contribution is 6.24. The van der Waals surface area contributed by atoms with Crippen LogP contribution in [0.5, 0.6) is 5.75 Å². The number of nitrogens with two attached hydrogens (primary N) is 1. The number of amides is 1. The van der Waals surface area contributed by atoms with Crippen LogP contribution in [-0.4, -0.2) is 63.0 Å². The van der Waals surface area contributed by atoms with Crippen LogP contribution in [-0.2, 0) is 20.7 Å². The molecule has 10 heteroatoms. The molecule has 32 heavy (non-hydrogen) atoms.